The van der Waals surface area contributed by atoms with Gasteiger partial charge in [0, 0.05) is 13.1 Å². The van der Waals surface area contributed by atoms with Gasteiger partial charge in [-0.25, -0.2) is 13.4 Å². The summed E-state index contributed by atoms with van der Waals surface area (Å²) < 4.78 is 28.4. The molecule has 1 aliphatic heterocycles. The van der Waals surface area contributed by atoms with E-state index in [1.165, 1.54) is 39.4 Å². The molecule has 6 nitrogen and oxygen atoms in total. The van der Waals surface area contributed by atoms with Crippen LogP contribution in [0.15, 0.2) is 41.3 Å². The van der Waals surface area contributed by atoms with Crippen LogP contribution in [0.1, 0.15) is 42.1 Å². The number of hydrogen-bond acceptors (Lipinski definition) is 5. The predicted octanol–water partition coefficient (Wildman–Crippen LogP) is 4.94. The standard InChI is InChI=1S/C21H22ClN3O3S2/c1-2-14-6-9-18-19(12-14)29-21(23-18)24-20(26)16-13-15(7-8-17(16)22)30(27,28)25-10-4-3-5-11-25/h6-9,12-13H,2-5,10-11H2,1H3,(H,23,24,26). The molecule has 0 unspecified atom stereocenters. The van der Waals surface area contributed by atoms with Crippen molar-refractivity contribution in [1.82, 2.24) is 9.29 Å². The van der Waals surface area contributed by atoms with Gasteiger partial charge in [0.05, 0.1) is 25.7 Å². The Morgan fingerprint density at radius 3 is 2.67 bits per heavy atom. The van der Waals surface area contributed by atoms with E-state index in [-0.39, 0.29) is 15.5 Å². The molecule has 0 aliphatic carbocycles. The van der Waals surface area contributed by atoms with Crippen molar-refractivity contribution in [3.8, 4) is 0 Å². The van der Waals surface area contributed by atoms with Gasteiger partial charge in [0.15, 0.2) is 5.13 Å². The second kappa shape index (κ2) is 8.63. The first-order chi connectivity index (χ1) is 14.4. The highest BCUT2D eigenvalue weighted by molar-refractivity contribution is 7.89. The number of carbonyl (C=O) groups excluding carboxylic acids is 1. The van der Waals surface area contributed by atoms with Gasteiger partial charge in [0.2, 0.25) is 10.0 Å². The number of hydrogen-bond donors (Lipinski definition) is 1. The van der Waals surface area contributed by atoms with E-state index in [1.54, 1.807) is 0 Å². The number of aryl methyl sites for hydroxylation is 1. The summed E-state index contributed by atoms with van der Waals surface area (Å²) in [5, 5.41) is 3.40. The second-order valence-electron chi connectivity index (χ2n) is 7.24. The van der Waals surface area contributed by atoms with E-state index in [0.717, 1.165) is 35.9 Å². The molecule has 4 rings (SSSR count). The van der Waals surface area contributed by atoms with Crippen LogP contribution in [0.25, 0.3) is 10.2 Å². The van der Waals surface area contributed by atoms with E-state index < -0.39 is 15.9 Å². The van der Waals surface area contributed by atoms with Crippen molar-refractivity contribution in [3.63, 3.8) is 0 Å². The van der Waals surface area contributed by atoms with Crippen LogP contribution in [-0.4, -0.2) is 36.7 Å². The molecule has 1 aromatic heterocycles. The fourth-order valence-electron chi connectivity index (χ4n) is 3.50. The van der Waals surface area contributed by atoms with E-state index in [9.17, 15) is 13.2 Å². The van der Waals surface area contributed by atoms with E-state index in [4.69, 9.17) is 11.6 Å². The number of carbonyl (C=O) groups is 1. The fraction of sp³-hybridized carbons (Fsp3) is 0.333. The molecular weight excluding hydrogens is 442 g/mol. The summed E-state index contributed by atoms with van der Waals surface area (Å²) in [5.41, 5.74) is 2.12. The minimum atomic E-state index is -3.65. The number of nitrogens with one attached hydrogen (secondary N) is 1. The highest BCUT2D eigenvalue weighted by atomic mass is 35.5. The van der Waals surface area contributed by atoms with Gasteiger partial charge in [0.1, 0.15) is 0 Å². The molecule has 1 aliphatic rings. The Balaban J connectivity index is 1.60. The lowest BCUT2D eigenvalue weighted by Gasteiger charge is -2.26. The summed E-state index contributed by atoms with van der Waals surface area (Å²) in [7, 11) is -3.65. The number of rotatable bonds is 5. The third-order valence-corrected chi connectivity index (χ3v) is 8.37. The molecule has 30 heavy (non-hydrogen) atoms. The molecule has 1 N–H and O–H groups in total. The minimum absolute atomic E-state index is 0.0795. The van der Waals surface area contributed by atoms with Crippen molar-refractivity contribution < 1.29 is 13.2 Å². The van der Waals surface area contributed by atoms with Crippen LogP contribution in [0, 0.1) is 0 Å². The highest BCUT2D eigenvalue weighted by Crippen LogP contribution is 2.29. The zero-order valence-corrected chi connectivity index (χ0v) is 18.9. The maximum absolute atomic E-state index is 13.0. The largest absolute Gasteiger partial charge is 0.298 e. The first-order valence-electron chi connectivity index (χ1n) is 9.89. The van der Waals surface area contributed by atoms with Crippen molar-refractivity contribution in [3.05, 3.63) is 52.5 Å². The average Bonchev–Trinajstić information content (AvgIpc) is 3.15. The lowest BCUT2D eigenvalue weighted by atomic mass is 10.2. The number of anilines is 1. The molecule has 0 radical (unpaired) electrons. The second-order valence-corrected chi connectivity index (χ2v) is 10.6. The number of sulfonamides is 1. The summed E-state index contributed by atoms with van der Waals surface area (Å²) in [5.74, 6) is -0.481. The molecule has 0 saturated carbocycles. The molecule has 1 amide bonds. The number of benzene rings is 2. The number of nitrogens with zero attached hydrogens (tertiary/aromatic N) is 2. The molecule has 0 atom stereocenters. The first-order valence-corrected chi connectivity index (χ1v) is 12.5. The van der Waals surface area contributed by atoms with Crippen LogP contribution < -0.4 is 5.32 Å². The Morgan fingerprint density at radius 1 is 1.17 bits per heavy atom. The zero-order valence-electron chi connectivity index (χ0n) is 16.5. The van der Waals surface area contributed by atoms with Gasteiger partial charge in [-0.1, -0.05) is 42.3 Å². The fourth-order valence-corrected chi connectivity index (χ4v) is 6.17. The quantitative estimate of drug-likeness (QED) is 0.581. The molecule has 1 saturated heterocycles. The maximum Gasteiger partial charge on any atom is 0.259 e. The van der Waals surface area contributed by atoms with Crippen LogP contribution in [0.4, 0.5) is 5.13 Å². The summed E-state index contributed by atoms with van der Waals surface area (Å²) >= 11 is 7.60. The van der Waals surface area contributed by atoms with Gasteiger partial charge in [-0.3, -0.25) is 10.1 Å². The highest BCUT2D eigenvalue weighted by Gasteiger charge is 2.27. The zero-order chi connectivity index (χ0) is 21.3. The van der Waals surface area contributed by atoms with Gasteiger partial charge >= 0.3 is 0 Å². The van der Waals surface area contributed by atoms with Crippen molar-refractivity contribution in [1.29, 1.82) is 0 Å². The van der Waals surface area contributed by atoms with Crippen molar-refractivity contribution in [2.75, 3.05) is 18.4 Å². The molecule has 1 fully saturated rings. The normalized spacial score (nSPS) is 15.4. The molecule has 2 heterocycles. The molecule has 2 aromatic carbocycles. The average molecular weight is 464 g/mol. The van der Waals surface area contributed by atoms with Crippen molar-refractivity contribution in [2.45, 2.75) is 37.5 Å². The predicted molar refractivity (Wildman–Crippen MR) is 121 cm³/mol. The van der Waals surface area contributed by atoms with Crippen molar-refractivity contribution in [2.24, 2.45) is 0 Å². The number of fused-ring (bicyclic) bond motifs is 1. The van der Waals surface area contributed by atoms with E-state index in [0.29, 0.717) is 18.2 Å². The lowest BCUT2D eigenvalue weighted by Crippen LogP contribution is -2.35. The summed E-state index contributed by atoms with van der Waals surface area (Å²) in [6.45, 7) is 3.08. The summed E-state index contributed by atoms with van der Waals surface area (Å²) in [6.07, 6.45) is 3.64. The minimum Gasteiger partial charge on any atom is -0.298 e. The first kappa shape index (κ1) is 21.2. The molecule has 3 aromatic rings. The van der Waals surface area contributed by atoms with Crippen LogP contribution in [-0.2, 0) is 16.4 Å². The summed E-state index contributed by atoms with van der Waals surface area (Å²) in [4.78, 5) is 17.4. The lowest BCUT2D eigenvalue weighted by molar-refractivity contribution is 0.102. The Kier molecular flexibility index (Phi) is 6.11. The molecule has 0 bridgehead atoms. The topological polar surface area (TPSA) is 79.4 Å². The van der Waals surface area contributed by atoms with E-state index in [1.807, 2.05) is 12.1 Å². The third-order valence-electron chi connectivity index (χ3n) is 5.22. The smallest absolute Gasteiger partial charge is 0.259 e. The number of piperidine rings is 1. The molecular formula is C21H22ClN3O3S2. The number of aromatic nitrogens is 1. The van der Waals surface area contributed by atoms with E-state index >= 15 is 0 Å². The number of thiazole rings is 1. The van der Waals surface area contributed by atoms with Gasteiger partial charge in [-0.2, -0.15) is 4.31 Å². The summed E-state index contributed by atoms with van der Waals surface area (Å²) in [6, 6.07) is 10.3. The number of halogens is 1. The third kappa shape index (κ3) is 4.23. The van der Waals surface area contributed by atoms with Gasteiger partial charge in [0.25, 0.3) is 5.91 Å². The number of amides is 1. The SMILES string of the molecule is CCc1ccc2nc(NC(=O)c3cc(S(=O)(=O)N4CCCCC4)ccc3Cl)sc2c1. The monoisotopic (exact) mass is 463 g/mol. The molecule has 158 valence electrons. The Labute approximate surface area is 184 Å². The van der Waals surface area contributed by atoms with Gasteiger partial charge in [-0.15, -0.1) is 0 Å². The maximum atomic E-state index is 13.0. The Bertz CT molecular complexity index is 1200. The van der Waals surface area contributed by atoms with Gasteiger partial charge < -0.3 is 0 Å². The van der Waals surface area contributed by atoms with Crippen LogP contribution >= 0.6 is 22.9 Å². The van der Waals surface area contributed by atoms with Crippen LogP contribution in [0.3, 0.4) is 0 Å². The van der Waals surface area contributed by atoms with E-state index in [2.05, 4.69) is 23.3 Å². The molecule has 0 spiro atoms. The Hall–Kier alpha value is -2.00. The Morgan fingerprint density at radius 2 is 1.93 bits per heavy atom. The molecule has 9 heteroatoms. The van der Waals surface area contributed by atoms with Gasteiger partial charge in [-0.05, 0) is 55.2 Å². The van der Waals surface area contributed by atoms with Crippen LogP contribution in [0.5, 0.6) is 0 Å². The van der Waals surface area contributed by atoms with Crippen LogP contribution in [0.2, 0.25) is 5.02 Å². The van der Waals surface area contributed by atoms with Crippen molar-refractivity contribution >= 4 is 54.2 Å².